The molecule has 0 bridgehead atoms. The third-order valence-electron chi connectivity index (χ3n) is 5.67. The molecule has 0 rings (SSSR count). The summed E-state index contributed by atoms with van der Waals surface area (Å²) in [7, 11) is 0. The van der Waals surface area contributed by atoms with E-state index in [0.29, 0.717) is 55.3 Å². The van der Waals surface area contributed by atoms with Crippen LogP contribution in [0.2, 0.25) is 0 Å². The normalized spacial score (nSPS) is 12.6. The second-order valence-electron chi connectivity index (χ2n) is 8.96. The van der Waals surface area contributed by atoms with Crippen molar-refractivity contribution >= 4 is 23.6 Å². The molecule has 12 heteroatoms. The monoisotopic (exact) mass is 502 g/mol. The summed E-state index contributed by atoms with van der Waals surface area (Å²) in [6.45, 7) is 3.22. The van der Waals surface area contributed by atoms with E-state index in [1.54, 1.807) is 0 Å². The predicted molar refractivity (Wildman–Crippen MR) is 131 cm³/mol. The summed E-state index contributed by atoms with van der Waals surface area (Å²) in [5, 5.41) is 23.7. The molecule has 9 N–H and O–H groups in total. The Morgan fingerprint density at radius 3 is 2.09 bits per heavy atom. The Labute approximate surface area is 208 Å². The maximum atomic E-state index is 12.6. The maximum Gasteiger partial charge on any atom is 0.266 e. The topological polar surface area (TPSA) is 205 Å². The molecule has 0 fully saturated rings. The molecule has 0 aromatic rings. The minimum absolute atomic E-state index is 0.0198. The first-order valence-corrected chi connectivity index (χ1v) is 12.6. The molecule has 4 amide bonds. The molecular formula is C23H46N6O6. The summed E-state index contributed by atoms with van der Waals surface area (Å²) in [5.74, 6) is -2.21. The summed E-state index contributed by atoms with van der Waals surface area (Å²) in [5.41, 5.74) is 15.2. The molecule has 0 heterocycles. The van der Waals surface area contributed by atoms with Crippen LogP contribution in [0.3, 0.4) is 0 Å². The number of hydrogen-bond donors (Lipinski definition) is 6. The van der Waals surface area contributed by atoms with Gasteiger partial charge in [-0.3, -0.25) is 29.6 Å². The largest absolute Gasteiger partial charge is 0.370 e. The smallest absolute Gasteiger partial charge is 0.266 e. The fourth-order valence-electron chi connectivity index (χ4n) is 3.57. The lowest BCUT2D eigenvalue weighted by molar-refractivity contribution is -0.173. The number of unbranched alkanes of at least 4 members (excludes halogenated alkanes) is 6. The van der Waals surface area contributed by atoms with Gasteiger partial charge in [-0.1, -0.05) is 32.6 Å². The minimum atomic E-state index is -1.52. The van der Waals surface area contributed by atoms with Crippen molar-refractivity contribution in [2.24, 2.45) is 17.2 Å². The van der Waals surface area contributed by atoms with Gasteiger partial charge in [-0.05, 0) is 45.1 Å². The highest BCUT2D eigenvalue weighted by atomic mass is 16.5. The highest BCUT2D eigenvalue weighted by molar-refractivity contribution is 5.90. The molecule has 0 aromatic carbocycles. The zero-order valence-corrected chi connectivity index (χ0v) is 21.2. The number of carbonyl (C=O) groups excluding carboxylic acids is 4. The molecule has 1 atom stereocenters. The van der Waals surface area contributed by atoms with E-state index in [2.05, 4.69) is 5.32 Å². The third kappa shape index (κ3) is 15.4. The molecule has 0 aromatic heterocycles. The van der Waals surface area contributed by atoms with E-state index < -0.39 is 23.3 Å². The van der Waals surface area contributed by atoms with Crippen molar-refractivity contribution in [3.63, 3.8) is 0 Å². The van der Waals surface area contributed by atoms with Gasteiger partial charge in [-0.25, -0.2) is 10.1 Å². The number of carbonyl (C=O) groups is 4. The Hall–Kier alpha value is -2.28. The fourth-order valence-corrected chi connectivity index (χ4v) is 3.57. The summed E-state index contributed by atoms with van der Waals surface area (Å²) in [4.78, 5) is 47.7. The molecule has 0 aliphatic rings. The van der Waals surface area contributed by atoms with E-state index in [-0.39, 0.29) is 44.7 Å². The van der Waals surface area contributed by atoms with Gasteiger partial charge in [0.25, 0.3) is 5.91 Å². The van der Waals surface area contributed by atoms with Crippen LogP contribution < -0.4 is 22.5 Å². The lowest BCUT2D eigenvalue weighted by Gasteiger charge is -2.30. The van der Waals surface area contributed by atoms with Gasteiger partial charge in [0.2, 0.25) is 17.7 Å². The van der Waals surface area contributed by atoms with E-state index in [4.69, 9.17) is 17.2 Å². The molecule has 1 unspecified atom stereocenters. The number of rotatable bonds is 21. The van der Waals surface area contributed by atoms with Crippen molar-refractivity contribution in [2.45, 2.75) is 95.9 Å². The predicted octanol–water partition coefficient (Wildman–Crippen LogP) is 0.771. The molecule has 0 radical (unpaired) electrons. The number of nitrogens with zero attached hydrogens (tertiary/aromatic N) is 2. The van der Waals surface area contributed by atoms with Gasteiger partial charge in [0.15, 0.2) is 0 Å². The van der Waals surface area contributed by atoms with Crippen LogP contribution in [0.25, 0.3) is 0 Å². The van der Waals surface area contributed by atoms with Gasteiger partial charge in [0, 0.05) is 32.5 Å². The molecule has 0 aliphatic carbocycles. The third-order valence-corrected chi connectivity index (χ3v) is 5.67. The number of nitrogens with two attached hydrogens (primary N) is 3. The first-order chi connectivity index (χ1) is 16.6. The van der Waals surface area contributed by atoms with Crippen LogP contribution in [0.1, 0.15) is 90.4 Å². The molecule has 0 spiro atoms. The van der Waals surface area contributed by atoms with Crippen molar-refractivity contribution in [3.8, 4) is 0 Å². The van der Waals surface area contributed by atoms with Gasteiger partial charge < -0.3 is 22.5 Å². The van der Waals surface area contributed by atoms with Crippen molar-refractivity contribution in [3.05, 3.63) is 0 Å². The second kappa shape index (κ2) is 19.0. The SMILES string of the molecule is CCCCCC(N)(CC(N)=O)C(=O)N(O)CCCCCNC(=O)CCC(=O)N(O)CCCCCN. The highest BCUT2D eigenvalue weighted by Gasteiger charge is 2.38. The average molecular weight is 503 g/mol. The standard InChI is InChI=1S/C23H46N6O6/c1-2-3-6-13-23(26,18-19(25)30)22(33)29(35)17-10-5-8-15-27-20(31)11-12-21(32)28(34)16-9-4-7-14-24/h34-35H,2-18,24,26H2,1H3,(H2,25,30)(H,27,31). The Morgan fingerprint density at radius 2 is 1.49 bits per heavy atom. The van der Waals surface area contributed by atoms with E-state index in [1.807, 2.05) is 6.92 Å². The van der Waals surface area contributed by atoms with E-state index in [1.165, 1.54) is 0 Å². The van der Waals surface area contributed by atoms with E-state index >= 15 is 0 Å². The maximum absolute atomic E-state index is 12.6. The van der Waals surface area contributed by atoms with Crippen molar-refractivity contribution < 1.29 is 29.6 Å². The number of primary amides is 1. The van der Waals surface area contributed by atoms with Crippen LogP contribution in [-0.2, 0) is 19.2 Å². The Morgan fingerprint density at radius 1 is 0.857 bits per heavy atom. The zero-order chi connectivity index (χ0) is 26.7. The van der Waals surface area contributed by atoms with Crippen LogP contribution in [0.4, 0.5) is 0 Å². The molecule has 12 nitrogen and oxygen atoms in total. The first kappa shape index (κ1) is 32.7. The van der Waals surface area contributed by atoms with Crippen LogP contribution in [0, 0.1) is 0 Å². The quantitative estimate of drug-likeness (QED) is 0.0749. The van der Waals surface area contributed by atoms with E-state index in [0.717, 1.165) is 25.7 Å². The number of hydrogen-bond acceptors (Lipinski definition) is 8. The Balaban J connectivity index is 4.14. The molecule has 0 saturated carbocycles. The van der Waals surface area contributed by atoms with E-state index in [9.17, 15) is 29.6 Å². The number of hydroxylamine groups is 4. The van der Waals surface area contributed by atoms with Gasteiger partial charge in [-0.15, -0.1) is 0 Å². The van der Waals surface area contributed by atoms with Gasteiger partial charge in [-0.2, -0.15) is 0 Å². The number of amides is 4. The zero-order valence-electron chi connectivity index (χ0n) is 21.2. The van der Waals surface area contributed by atoms with Crippen molar-refractivity contribution in [1.82, 2.24) is 15.4 Å². The van der Waals surface area contributed by atoms with Crippen LogP contribution in [-0.4, -0.2) is 75.9 Å². The average Bonchev–Trinajstić information content (AvgIpc) is 2.81. The Kier molecular flexibility index (Phi) is 17.7. The molecule has 0 saturated heterocycles. The summed E-state index contributed by atoms with van der Waals surface area (Å²) >= 11 is 0. The molecule has 35 heavy (non-hydrogen) atoms. The van der Waals surface area contributed by atoms with Gasteiger partial charge >= 0.3 is 0 Å². The summed E-state index contributed by atoms with van der Waals surface area (Å²) < 4.78 is 0. The fraction of sp³-hybridized carbons (Fsp3) is 0.826. The Bertz CT molecular complexity index is 650. The van der Waals surface area contributed by atoms with Gasteiger partial charge in [0.05, 0.1) is 6.42 Å². The van der Waals surface area contributed by atoms with Crippen LogP contribution in [0.15, 0.2) is 0 Å². The summed E-state index contributed by atoms with van der Waals surface area (Å²) in [6, 6.07) is 0. The lowest BCUT2D eigenvalue weighted by Crippen LogP contribution is -2.56. The second-order valence-corrected chi connectivity index (χ2v) is 8.96. The summed E-state index contributed by atoms with van der Waals surface area (Å²) in [6.07, 6.45) is 6.27. The first-order valence-electron chi connectivity index (χ1n) is 12.6. The van der Waals surface area contributed by atoms with Gasteiger partial charge in [0.1, 0.15) is 5.54 Å². The number of nitrogens with one attached hydrogen (secondary N) is 1. The van der Waals surface area contributed by atoms with Crippen molar-refractivity contribution in [1.29, 1.82) is 0 Å². The minimum Gasteiger partial charge on any atom is -0.370 e. The lowest BCUT2D eigenvalue weighted by atomic mass is 9.88. The highest BCUT2D eigenvalue weighted by Crippen LogP contribution is 2.19. The molecule has 204 valence electrons. The van der Waals surface area contributed by atoms with Crippen LogP contribution >= 0.6 is 0 Å². The van der Waals surface area contributed by atoms with Crippen LogP contribution in [0.5, 0.6) is 0 Å². The van der Waals surface area contributed by atoms with Crippen molar-refractivity contribution in [2.75, 3.05) is 26.2 Å². The molecular weight excluding hydrogens is 456 g/mol. The molecule has 0 aliphatic heterocycles.